The zero-order valence-corrected chi connectivity index (χ0v) is 14.4. The van der Waals surface area contributed by atoms with Gasteiger partial charge in [0.05, 0.1) is 5.69 Å². The molecular weight excluding hydrogens is 302 g/mol. The van der Waals surface area contributed by atoms with Gasteiger partial charge in [0.2, 0.25) is 0 Å². The van der Waals surface area contributed by atoms with E-state index in [4.69, 9.17) is 9.72 Å². The Kier molecular flexibility index (Phi) is 3.56. The number of aromatic amines is 1. The number of ether oxygens (including phenoxy) is 1. The molecule has 2 saturated heterocycles. The van der Waals surface area contributed by atoms with Crippen LogP contribution in [0.3, 0.4) is 0 Å². The first-order chi connectivity index (χ1) is 11.8. The summed E-state index contributed by atoms with van der Waals surface area (Å²) in [5, 5.41) is 0. The number of H-pyrrole nitrogens is 1. The van der Waals surface area contributed by atoms with E-state index in [0.29, 0.717) is 12.0 Å². The van der Waals surface area contributed by atoms with Crippen LogP contribution in [0.4, 0.5) is 0 Å². The Morgan fingerprint density at radius 3 is 2.54 bits per heavy atom. The van der Waals surface area contributed by atoms with Gasteiger partial charge in [-0.15, -0.1) is 0 Å². The number of piperidine rings is 1. The van der Waals surface area contributed by atoms with Gasteiger partial charge in [-0.25, -0.2) is 4.98 Å². The quantitative estimate of drug-likeness (QED) is 0.903. The van der Waals surface area contributed by atoms with E-state index < -0.39 is 0 Å². The lowest BCUT2D eigenvalue weighted by atomic mass is 9.75. The minimum absolute atomic E-state index is 0.144. The molecule has 1 aromatic heterocycles. The lowest BCUT2D eigenvalue weighted by Crippen LogP contribution is -2.48. The Hall–Kier alpha value is -1.20. The standard InChI is InChI=1S/C19H27N3O2/c23-18-15-3-6-19(16(15)20-17(21-18)13-1-2-13)7-9-22(10-8-19)14-4-11-24-12-5-14/h13-14H,1-12H2,(H,20,21,23). The van der Waals surface area contributed by atoms with E-state index in [1.54, 1.807) is 0 Å². The second-order valence-electron chi connectivity index (χ2n) is 8.21. The van der Waals surface area contributed by atoms with Crippen molar-refractivity contribution in [2.45, 2.75) is 68.7 Å². The summed E-state index contributed by atoms with van der Waals surface area (Å²) in [5.41, 5.74) is 2.47. The highest BCUT2D eigenvalue weighted by Crippen LogP contribution is 2.46. The molecule has 1 saturated carbocycles. The van der Waals surface area contributed by atoms with Crippen molar-refractivity contribution in [3.63, 3.8) is 0 Å². The molecule has 2 aliphatic carbocycles. The fraction of sp³-hybridized carbons (Fsp3) is 0.789. The molecule has 1 spiro atoms. The van der Waals surface area contributed by atoms with Crippen molar-refractivity contribution in [1.29, 1.82) is 0 Å². The number of hydrogen-bond acceptors (Lipinski definition) is 4. The summed E-state index contributed by atoms with van der Waals surface area (Å²) in [4.78, 5) is 23.2. The van der Waals surface area contributed by atoms with E-state index in [1.165, 1.54) is 31.4 Å². The van der Waals surface area contributed by atoms with Crippen LogP contribution in [0, 0.1) is 0 Å². The van der Waals surface area contributed by atoms with Gasteiger partial charge in [0.25, 0.3) is 5.56 Å². The maximum absolute atomic E-state index is 12.5. The van der Waals surface area contributed by atoms with E-state index in [0.717, 1.165) is 63.4 Å². The van der Waals surface area contributed by atoms with Gasteiger partial charge in [0.15, 0.2) is 0 Å². The van der Waals surface area contributed by atoms with Crippen LogP contribution in [0.25, 0.3) is 0 Å². The van der Waals surface area contributed by atoms with Gasteiger partial charge in [-0.3, -0.25) is 4.79 Å². The maximum atomic E-state index is 12.5. The Balaban J connectivity index is 1.38. The molecule has 5 rings (SSSR count). The molecule has 0 aromatic carbocycles. The Morgan fingerprint density at radius 1 is 1.08 bits per heavy atom. The SMILES string of the molecule is O=c1[nH]c(C2CC2)nc2c1CCC21CCN(C2CCOCC2)CC1. The number of likely N-dealkylation sites (tertiary alicyclic amines) is 1. The molecule has 1 aromatic rings. The van der Waals surface area contributed by atoms with Crippen molar-refractivity contribution >= 4 is 0 Å². The summed E-state index contributed by atoms with van der Waals surface area (Å²) in [6, 6.07) is 0.700. The summed E-state index contributed by atoms with van der Waals surface area (Å²) < 4.78 is 5.51. The van der Waals surface area contributed by atoms with Crippen LogP contribution >= 0.6 is 0 Å². The predicted molar refractivity (Wildman–Crippen MR) is 91.5 cm³/mol. The fourth-order valence-electron chi connectivity index (χ4n) is 5.07. The molecule has 0 radical (unpaired) electrons. The molecule has 2 aliphatic heterocycles. The van der Waals surface area contributed by atoms with Crippen LogP contribution in [0.15, 0.2) is 4.79 Å². The predicted octanol–water partition coefficient (Wildman–Crippen LogP) is 2.11. The molecule has 3 fully saturated rings. The first-order valence-corrected chi connectivity index (χ1v) is 9.71. The summed E-state index contributed by atoms with van der Waals surface area (Å²) in [6.07, 6.45) is 9.09. The van der Waals surface area contributed by atoms with Crippen LogP contribution in [0.1, 0.15) is 67.9 Å². The second-order valence-corrected chi connectivity index (χ2v) is 8.21. The molecule has 3 heterocycles. The minimum atomic E-state index is 0.144. The van der Waals surface area contributed by atoms with Gasteiger partial charge in [-0.05, 0) is 64.5 Å². The van der Waals surface area contributed by atoms with Crippen LogP contribution in [-0.4, -0.2) is 47.2 Å². The normalized spacial score (nSPS) is 27.5. The number of aromatic nitrogens is 2. The van der Waals surface area contributed by atoms with E-state index in [1.807, 2.05) is 0 Å². The summed E-state index contributed by atoms with van der Waals surface area (Å²) in [7, 11) is 0. The summed E-state index contributed by atoms with van der Waals surface area (Å²) in [5.74, 6) is 1.48. The third-order valence-electron chi connectivity index (χ3n) is 6.82. The van der Waals surface area contributed by atoms with Crippen molar-refractivity contribution in [2.75, 3.05) is 26.3 Å². The molecule has 4 aliphatic rings. The zero-order chi connectivity index (χ0) is 16.1. The average molecular weight is 329 g/mol. The van der Waals surface area contributed by atoms with Gasteiger partial charge >= 0.3 is 0 Å². The van der Waals surface area contributed by atoms with Crippen LogP contribution in [0.5, 0.6) is 0 Å². The fourth-order valence-corrected chi connectivity index (χ4v) is 5.07. The number of hydrogen-bond donors (Lipinski definition) is 1. The topological polar surface area (TPSA) is 58.2 Å². The highest BCUT2D eigenvalue weighted by molar-refractivity contribution is 5.34. The zero-order valence-electron chi connectivity index (χ0n) is 14.4. The Bertz CT molecular complexity index is 680. The first-order valence-electron chi connectivity index (χ1n) is 9.71. The van der Waals surface area contributed by atoms with Crippen LogP contribution < -0.4 is 5.56 Å². The van der Waals surface area contributed by atoms with E-state index >= 15 is 0 Å². The van der Waals surface area contributed by atoms with Crippen molar-refractivity contribution in [1.82, 2.24) is 14.9 Å². The lowest BCUT2D eigenvalue weighted by Gasteiger charge is -2.43. The molecule has 0 atom stereocenters. The monoisotopic (exact) mass is 329 g/mol. The second kappa shape index (κ2) is 5.67. The molecule has 130 valence electrons. The molecule has 1 N–H and O–H groups in total. The molecule has 0 amide bonds. The summed E-state index contributed by atoms with van der Waals surface area (Å²) >= 11 is 0. The Morgan fingerprint density at radius 2 is 1.83 bits per heavy atom. The van der Waals surface area contributed by atoms with E-state index in [-0.39, 0.29) is 11.0 Å². The van der Waals surface area contributed by atoms with Crippen LogP contribution in [-0.2, 0) is 16.6 Å². The van der Waals surface area contributed by atoms with Crippen LogP contribution in [0.2, 0.25) is 0 Å². The van der Waals surface area contributed by atoms with Gasteiger partial charge in [-0.2, -0.15) is 0 Å². The number of fused-ring (bicyclic) bond motifs is 2. The molecule has 5 nitrogen and oxygen atoms in total. The first kappa shape index (κ1) is 15.1. The van der Waals surface area contributed by atoms with Crippen molar-refractivity contribution in [3.8, 4) is 0 Å². The molecule has 24 heavy (non-hydrogen) atoms. The largest absolute Gasteiger partial charge is 0.381 e. The third kappa shape index (κ3) is 2.44. The average Bonchev–Trinajstić information content (AvgIpc) is 3.41. The van der Waals surface area contributed by atoms with E-state index in [2.05, 4.69) is 9.88 Å². The van der Waals surface area contributed by atoms with Crippen molar-refractivity contribution in [3.05, 3.63) is 27.4 Å². The third-order valence-corrected chi connectivity index (χ3v) is 6.82. The minimum Gasteiger partial charge on any atom is -0.381 e. The summed E-state index contributed by atoms with van der Waals surface area (Å²) in [6.45, 7) is 4.13. The number of nitrogens with one attached hydrogen (secondary N) is 1. The van der Waals surface area contributed by atoms with Gasteiger partial charge < -0.3 is 14.6 Å². The Labute approximate surface area is 142 Å². The van der Waals surface area contributed by atoms with E-state index in [9.17, 15) is 4.79 Å². The number of rotatable bonds is 2. The van der Waals surface area contributed by atoms with Crippen molar-refractivity contribution in [2.24, 2.45) is 0 Å². The molecule has 0 unspecified atom stereocenters. The molecular formula is C19H27N3O2. The molecule has 5 heteroatoms. The lowest BCUT2D eigenvalue weighted by molar-refractivity contribution is 0.0168. The van der Waals surface area contributed by atoms with Gasteiger partial charge in [0, 0.05) is 36.2 Å². The van der Waals surface area contributed by atoms with Crippen molar-refractivity contribution < 1.29 is 4.74 Å². The molecule has 0 bridgehead atoms. The number of nitrogens with zero attached hydrogens (tertiary/aromatic N) is 2. The smallest absolute Gasteiger partial charge is 0.254 e. The maximum Gasteiger partial charge on any atom is 0.254 e. The van der Waals surface area contributed by atoms with Gasteiger partial charge in [0.1, 0.15) is 5.82 Å². The highest BCUT2D eigenvalue weighted by atomic mass is 16.5. The highest BCUT2D eigenvalue weighted by Gasteiger charge is 2.45. The van der Waals surface area contributed by atoms with Gasteiger partial charge in [-0.1, -0.05) is 0 Å².